The molecule has 3 nitrogen and oxygen atoms in total. The Bertz CT molecular complexity index is 451. The summed E-state index contributed by atoms with van der Waals surface area (Å²) in [6.45, 7) is 2.85. The second-order valence-electron chi connectivity index (χ2n) is 6.26. The number of nitrogens with zero attached hydrogens (tertiary/aromatic N) is 2. The van der Waals surface area contributed by atoms with E-state index in [1.54, 1.807) is 0 Å². The summed E-state index contributed by atoms with van der Waals surface area (Å²) in [6, 6.07) is 3.87. The van der Waals surface area contributed by atoms with E-state index in [2.05, 4.69) is 4.90 Å². The normalized spacial score (nSPS) is 28.1. The van der Waals surface area contributed by atoms with Gasteiger partial charge in [-0.25, -0.2) is 0 Å². The van der Waals surface area contributed by atoms with Gasteiger partial charge in [-0.15, -0.1) is 0 Å². The summed E-state index contributed by atoms with van der Waals surface area (Å²) in [4.78, 5) is 14.7. The first kappa shape index (κ1) is 12.9. The van der Waals surface area contributed by atoms with Gasteiger partial charge in [-0.3, -0.25) is 9.69 Å². The molecule has 2 atom stereocenters. The van der Waals surface area contributed by atoms with E-state index in [0.29, 0.717) is 6.54 Å². The molecule has 0 spiro atoms. The number of fused-ring (bicyclic) bond motifs is 1. The van der Waals surface area contributed by atoms with Gasteiger partial charge in [-0.1, -0.05) is 19.3 Å². The fraction of sp³-hybridized carbons (Fsp3) is 0.688. The summed E-state index contributed by atoms with van der Waals surface area (Å²) in [5, 5.41) is 0. The highest BCUT2D eigenvalue weighted by Gasteiger charge is 2.31. The van der Waals surface area contributed by atoms with Gasteiger partial charge in [0, 0.05) is 19.8 Å². The maximum Gasteiger partial charge on any atom is 0.193 e. The predicted octanol–water partition coefficient (Wildman–Crippen LogP) is 2.72. The number of carbonyl (C=O) groups is 1. The molecule has 0 N–H and O–H groups in total. The molecule has 2 aliphatic rings. The van der Waals surface area contributed by atoms with Crippen LogP contribution in [0.3, 0.4) is 0 Å². The lowest BCUT2D eigenvalue weighted by Gasteiger charge is -2.41. The molecule has 2 fully saturated rings. The number of aryl methyl sites for hydroxylation is 1. The van der Waals surface area contributed by atoms with Gasteiger partial charge in [0.25, 0.3) is 0 Å². The van der Waals surface area contributed by atoms with Crippen molar-refractivity contribution in [3.05, 3.63) is 24.0 Å². The first-order valence-corrected chi connectivity index (χ1v) is 7.61. The van der Waals surface area contributed by atoms with Crippen LogP contribution in [-0.2, 0) is 7.05 Å². The van der Waals surface area contributed by atoms with E-state index in [1.807, 2.05) is 29.9 Å². The van der Waals surface area contributed by atoms with E-state index < -0.39 is 0 Å². The molecule has 1 aliphatic carbocycles. The van der Waals surface area contributed by atoms with E-state index in [9.17, 15) is 4.79 Å². The highest BCUT2D eigenvalue weighted by atomic mass is 16.1. The number of hydrogen-bond acceptors (Lipinski definition) is 2. The lowest BCUT2D eigenvalue weighted by molar-refractivity contribution is 0.0707. The molecule has 104 valence electrons. The standard InChI is InChI=1S/C16H24N2O/c1-17-9-4-7-15(17)16(19)12-18-10-8-13-5-2-3-6-14(13)11-18/h4,7,9,13-14H,2-3,5-6,8,10-12H2,1H3. The molecule has 3 heteroatoms. The third-order valence-electron chi connectivity index (χ3n) is 4.97. The number of piperidine rings is 1. The second-order valence-corrected chi connectivity index (χ2v) is 6.26. The van der Waals surface area contributed by atoms with E-state index >= 15 is 0 Å². The Kier molecular flexibility index (Phi) is 3.74. The third-order valence-corrected chi connectivity index (χ3v) is 4.97. The van der Waals surface area contributed by atoms with Crippen molar-refractivity contribution in [1.29, 1.82) is 0 Å². The smallest absolute Gasteiger partial charge is 0.193 e. The summed E-state index contributed by atoms with van der Waals surface area (Å²) >= 11 is 0. The Labute approximate surface area is 115 Å². The van der Waals surface area contributed by atoms with Crippen LogP contribution in [0.15, 0.2) is 18.3 Å². The molecule has 1 aromatic rings. The minimum Gasteiger partial charge on any atom is -0.348 e. The van der Waals surface area contributed by atoms with Gasteiger partial charge in [0.05, 0.1) is 12.2 Å². The van der Waals surface area contributed by atoms with Gasteiger partial charge >= 0.3 is 0 Å². The summed E-state index contributed by atoms with van der Waals surface area (Å²) in [5.74, 6) is 2.06. The molecule has 3 rings (SSSR count). The number of ketones is 1. The van der Waals surface area contributed by atoms with Crippen LogP contribution in [-0.4, -0.2) is 34.9 Å². The maximum absolute atomic E-state index is 12.3. The van der Waals surface area contributed by atoms with Gasteiger partial charge in [-0.05, 0) is 43.4 Å². The zero-order valence-electron chi connectivity index (χ0n) is 11.8. The number of hydrogen-bond donors (Lipinski definition) is 0. The molecule has 2 unspecified atom stereocenters. The molecule has 2 heterocycles. The lowest BCUT2D eigenvalue weighted by atomic mass is 9.75. The van der Waals surface area contributed by atoms with Crippen LogP contribution in [0.4, 0.5) is 0 Å². The first-order valence-electron chi connectivity index (χ1n) is 7.61. The maximum atomic E-state index is 12.3. The van der Waals surface area contributed by atoms with Crippen LogP contribution in [0.1, 0.15) is 42.6 Å². The number of carbonyl (C=O) groups excluding carboxylic acids is 1. The van der Waals surface area contributed by atoms with Gasteiger partial charge in [0.15, 0.2) is 5.78 Å². The Morgan fingerprint density at radius 3 is 2.79 bits per heavy atom. The number of aromatic nitrogens is 1. The summed E-state index contributed by atoms with van der Waals surface area (Å²) in [5.41, 5.74) is 0.839. The van der Waals surface area contributed by atoms with Crippen molar-refractivity contribution in [1.82, 2.24) is 9.47 Å². The number of likely N-dealkylation sites (tertiary alicyclic amines) is 1. The van der Waals surface area contributed by atoms with Crippen molar-refractivity contribution in [3.63, 3.8) is 0 Å². The molecular formula is C16H24N2O. The van der Waals surface area contributed by atoms with Crippen molar-refractivity contribution in [2.24, 2.45) is 18.9 Å². The third kappa shape index (κ3) is 2.76. The molecule has 19 heavy (non-hydrogen) atoms. The summed E-state index contributed by atoms with van der Waals surface area (Å²) in [6.07, 6.45) is 8.85. The molecule has 1 saturated carbocycles. The number of Topliss-reactive ketones (excluding diaryl/α,β-unsaturated/α-hetero) is 1. The summed E-state index contributed by atoms with van der Waals surface area (Å²) < 4.78 is 1.93. The fourth-order valence-electron chi connectivity index (χ4n) is 3.85. The Balaban J connectivity index is 1.59. The van der Waals surface area contributed by atoms with Crippen molar-refractivity contribution in [2.45, 2.75) is 32.1 Å². The van der Waals surface area contributed by atoms with Crippen LogP contribution in [0.25, 0.3) is 0 Å². The lowest BCUT2D eigenvalue weighted by Crippen LogP contribution is -2.44. The van der Waals surface area contributed by atoms with Crippen LogP contribution in [0, 0.1) is 11.8 Å². The highest BCUT2D eigenvalue weighted by molar-refractivity contribution is 5.96. The largest absolute Gasteiger partial charge is 0.348 e. The SMILES string of the molecule is Cn1cccc1C(=O)CN1CCC2CCCCC2C1. The minimum atomic E-state index is 0.266. The second kappa shape index (κ2) is 5.49. The van der Waals surface area contributed by atoms with Gasteiger partial charge in [0.1, 0.15) is 0 Å². The average Bonchev–Trinajstić information content (AvgIpc) is 2.85. The number of rotatable bonds is 3. The molecule has 1 aromatic heterocycles. The monoisotopic (exact) mass is 260 g/mol. The van der Waals surface area contributed by atoms with Crippen molar-refractivity contribution in [3.8, 4) is 0 Å². The van der Waals surface area contributed by atoms with Gasteiger partial charge in [0.2, 0.25) is 0 Å². The first-order chi connectivity index (χ1) is 9.24. The molecular weight excluding hydrogens is 236 g/mol. The quantitative estimate of drug-likeness (QED) is 0.781. The Morgan fingerprint density at radius 1 is 1.26 bits per heavy atom. The molecule has 1 saturated heterocycles. The highest BCUT2D eigenvalue weighted by Crippen LogP contribution is 2.35. The van der Waals surface area contributed by atoms with Gasteiger partial charge < -0.3 is 4.57 Å². The zero-order chi connectivity index (χ0) is 13.2. The molecule has 1 aliphatic heterocycles. The van der Waals surface area contributed by atoms with E-state index in [1.165, 1.54) is 32.1 Å². The average molecular weight is 260 g/mol. The van der Waals surface area contributed by atoms with E-state index in [0.717, 1.165) is 30.6 Å². The Hall–Kier alpha value is -1.09. The van der Waals surface area contributed by atoms with Crippen LogP contribution in [0.2, 0.25) is 0 Å². The zero-order valence-corrected chi connectivity index (χ0v) is 11.8. The van der Waals surface area contributed by atoms with Gasteiger partial charge in [-0.2, -0.15) is 0 Å². The van der Waals surface area contributed by atoms with Crippen LogP contribution < -0.4 is 0 Å². The minimum absolute atomic E-state index is 0.266. The van der Waals surface area contributed by atoms with Crippen LogP contribution in [0.5, 0.6) is 0 Å². The van der Waals surface area contributed by atoms with E-state index in [4.69, 9.17) is 0 Å². The molecule has 0 bridgehead atoms. The van der Waals surface area contributed by atoms with Crippen molar-refractivity contribution >= 4 is 5.78 Å². The van der Waals surface area contributed by atoms with Crippen molar-refractivity contribution < 1.29 is 4.79 Å². The molecule has 0 amide bonds. The summed E-state index contributed by atoms with van der Waals surface area (Å²) in [7, 11) is 1.95. The topological polar surface area (TPSA) is 25.2 Å². The Morgan fingerprint density at radius 2 is 2.05 bits per heavy atom. The molecule has 0 radical (unpaired) electrons. The van der Waals surface area contributed by atoms with Crippen LogP contribution >= 0.6 is 0 Å². The molecule has 0 aromatic carbocycles. The van der Waals surface area contributed by atoms with E-state index in [-0.39, 0.29) is 5.78 Å². The fourth-order valence-corrected chi connectivity index (χ4v) is 3.85. The van der Waals surface area contributed by atoms with Crippen molar-refractivity contribution in [2.75, 3.05) is 19.6 Å². The predicted molar refractivity (Wildman–Crippen MR) is 76.2 cm³/mol.